The highest BCUT2D eigenvalue weighted by Gasteiger charge is 2.41. The average Bonchev–Trinajstić information content (AvgIpc) is 2.48. The lowest BCUT2D eigenvalue weighted by molar-refractivity contribution is -0.143. The fraction of sp³-hybridized carbons (Fsp3) is 0.941. The fourth-order valence-corrected chi connectivity index (χ4v) is 5.36. The lowest BCUT2D eigenvalue weighted by atomic mass is 9.67. The Labute approximate surface area is 133 Å². The first kappa shape index (κ1) is 17.1. The Hall–Kier alpha value is -0.220. The number of carboxylic acid groups (broad SMARTS) is 1. The van der Waals surface area contributed by atoms with Gasteiger partial charge in [-0.1, -0.05) is 27.2 Å². The number of hydrogen-bond donors (Lipinski definition) is 1. The first-order valence-electron chi connectivity index (χ1n) is 8.40. The highest BCUT2D eigenvalue weighted by molar-refractivity contribution is 8.00. The molecule has 122 valence electrons. The molecule has 1 saturated carbocycles. The van der Waals surface area contributed by atoms with Crippen LogP contribution in [0.1, 0.15) is 59.3 Å². The van der Waals surface area contributed by atoms with Gasteiger partial charge in [0.1, 0.15) is 0 Å². The Bertz CT molecular complexity index is 350. The monoisotopic (exact) mass is 314 g/mol. The summed E-state index contributed by atoms with van der Waals surface area (Å²) in [6.45, 7) is 8.62. The molecule has 2 aliphatic rings. The molecule has 0 aromatic carbocycles. The third-order valence-corrected chi connectivity index (χ3v) is 7.39. The van der Waals surface area contributed by atoms with Crippen molar-refractivity contribution in [3.05, 3.63) is 0 Å². The first-order chi connectivity index (χ1) is 9.94. The molecule has 0 radical (unpaired) electrons. The lowest BCUT2D eigenvalue weighted by Crippen LogP contribution is -2.39. The minimum atomic E-state index is -0.590. The van der Waals surface area contributed by atoms with Crippen LogP contribution in [0.5, 0.6) is 0 Å². The van der Waals surface area contributed by atoms with Crippen LogP contribution in [0.2, 0.25) is 0 Å². The molecule has 3 nitrogen and oxygen atoms in total. The van der Waals surface area contributed by atoms with Crippen LogP contribution in [-0.2, 0) is 9.53 Å². The zero-order valence-electron chi connectivity index (χ0n) is 13.6. The minimum Gasteiger partial charge on any atom is -0.481 e. The molecule has 1 saturated heterocycles. The van der Waals surface area contributed by atoms with Gasteiger partial charge in [-0.15, -0.1) is 0 Å². The van der Waals surface area contributed by atoms with Crippen molar-refractivity contribution in [2.45, 2.75) is 69.8 Å². The molecule has 1 heterocycles. The topological polar surface area (TPSA) is 46.5 Å². The smallest absolute Gasteiger partial charge is 0.307 e. The molecule has 0 bridgehead atoms. The van der Waals surface area contributed by atoms with Crippen molar-refractivity contribution in [3.63, 3.8) is 0 Å². The second-order valence-corrected chi connectivity index (χ2v) is 8.83. The van der Waals surface area contributed by atoms with Crippen molar-refractivity contribution in [1.29, 1.82) is 0 Å². The largest absolute Gasteiger partial charge is 0.481 e. The number of aliphatic carboxylic acids is 1. The van der Waals surface area contributed by atoms with E-state index >= 15 is 0 Å². The maximum atomic E-state index is 11.6. The van der Waals surface area contributed by atoms with E-state index in [-0.39, 0.29) is 11.2 Å². The Balaban J connectivity index is 2.02. The van der Waals surface area contributed by atoms with E-state index in [1.54, 1.807) is 0 Å². The van der Waals surface area contributed by atoms with Crippen LogP contribution in [0.3, 0.4) is 0 Å². The fourth-order valence-electron chi connectivity index (χ4n) is 3.62. The van der Waals surface area contributed by atoms with Gasteiger partial charge in [0.15, 0.2) is 0 Å². The second kappa shape index (κ2) is 7.36. The summed E-state index contributed by atoms with van der Waals surface area (Å²) in [5.74, 6) is -0.0792. The van der Waals surface area contributed by atoms with E-state index in [4.69, 9.17) is 4.74 Å². The summed E-state index contributed by atoms with van der Waals surface area (Å²) in [5, 5.41) is 10.4. The summed E-state index contributed by atoms with van der Waals surface area (Å²) in [6, 6.07) is 0. The molecule has 3 atom stereocenters. The van der Waals surface area contributed by atoms with Crippen molar-refractivity contribution in [3.8, 4) is 0 Å². The Morgan fingerprint density at radius 1 is 1.24 bits per heavy atom. The number of carboxylic acids is 1. The van der Waals surface area contributed by atoms with Gasteiger partial charge in [-0.25, -0.2) is 0 Å². The summed E-state index contributed by atoms with van der Waals surface area (Å²) in [5.41, 5.74) is 0.331. The molecule has 0 aromatic rings. The van der Waals surface area contributed by atoms with Crippen molar-refractivity contribution in [1.82, 2.24) is 0 Å². The average molecular weight is 314 g/mol. The highest BCUT2D eigenvalue weighted by Crippen LogP contribution is 2.47. The summed E-state index contributed by atoms with van der Waals surface area (Å²) < 4.78 is 5.43. The van der Waals surface area contributed by atoms with Gasteiger partial charge in [-0.05, 0) is 43.4 Å². The van der Waals surface area contributed by atoms with Crippen molar-refractivity contribution in [2.24, 2.45) is 17.3 Å². The van der Waals surface area contributed by atoms with Gasteiger partial charge in [0.05, 0.1) is 5.92 Å². The predicted molar refractivity (Wildman–Crippen MR) is 87.8 cm³/mol. The number of thioether (sulfide) groups is 1. The van der Waals surface area contributed by atoms with Gasteiger partial charge >= 0.3 is 5.97 Å². The van der Waals surface area contributed by atoms with Crippen molar-refractivity contribution < 1.29 is 14.6 Å². The molecular formula is C17H30O3S. The molecule has 1 aliphatic carbocycles. The van der Waals surface area contributed by atoms with Gasteiger partial charge in [-0.3, -0.25) is 4.79 Å². The number of rotatable bonds is 5. The molecule has 0 spiro atoms. The van der Waals surface area contributed by atoms with Gasteiger partial charge in [0.25, 0.3) is 0 Å². The van der Waals surface area contributed by atoms with E-state index < -0.39 is 5.97 Å². The molecule has 0 aromatic heterocycles. The summed E-state index contributed by atoms with van der Waals surface area (Å²) in [7, 11) is 0. The molecule has 1 aliphatic heterocycles. The van der Waals surface area contributed by atoms with E-state index in [1.165, 1.54) is 6.42 Å². The van der Waals surface area contributed by atoms with Crippen LogP contribution < -0.4 is 0 Å². The van der Waals surface area contributed by atoms with Gasteiger partial charge in [-0.2, -0.15) is 11.8 Å². The summed E-state index contributed by atoms with van der Waals surface area (Å²) >= 11 is 1.95. The molecule has 3 unspecified atom stereocenters. The number of ether oxygens (including phenoxy) is 1. The van der Waals surface area contributed by atoms with Crippen LogP contribution in [0.15, 0.2) is 0 Å². The molecule has 2 fully saturated rings. The quantitative estimate of drug-likeness (QED) is 0.826. The Kier molecular flexibility index (Phi) is 6.01. The minimum absolute atomic E-state index is 0.151. The lowest BCUT2D eigenvalue weighted by Gasteiger charge is -2.42. The molecule has 21 heavy (non-hydrogen) atoms. The van der Waals surface area contributed by atoms with Crippen LogP contribution in [0.25, 0.3) is 0 Å². The van der Waals surface area contributed by atoms with Crippen LogP contribution in [0, 0.1) is 17.3 Å². The van der Waals surface area contributed by atoms with E-state index in [2.05, 4.69) is 20.8 Å². The van der Waals surface area contributed by atoms with Gasteiger partial charge in [0.2, 0.25) is 0 Å². The zero-order chi connectivity index (χ0) is 15.5. The van der Waals surface area contributed by atoms with Crippen molar-refractivity contribution >= 4 is 17.7 Å². The molecule has 1 N–H and O–H groups in total. The maximum Gasteiger partial charge on any atom is 0.307 e. The molecule has 2 rings (SSSR count). The molecular weight excluding hydrogens is 284 g/mol. The first-order valence-corrected chi connectivity index (χ1v) is 9.34. The van der Waals surface area contributed by atoms with E-state index in [0.29, 0.717) is 16.6 Å². The van der Waals surface area contributed by atoms with E-state index in [0.717, 1.165) is 45.3 Å². The standard InChI is InChI=1S/C17H30O3S/c1-4-17(2,3)12-5-6-14(16(18)19)15(11-12)21-13-7-9-20-10-8-13/h12-15H,4-11H2,1-3H3,(H,18,19). The SMILES string of the molecule is CCC(C)(C)C1CCC(C(=O)O)C(SC2CCOCC2)C1. The van der Waals surface area contributed by atoms with Crippen molar-refractivity contribution in [2.75, 3.05) is 13.2 Å². The molecule has 0 amide bonds. The number of carbonyl (C=O) groups is 1. The normalized spacial score (nSPS) is 32.0. The van der Waals surface area contributed by atoms with Crippen LogP contribution >= 0.6 is 11.8 Å². The molecule has 4 heteroatoms. The predicted octanol–water partition coefficient (Wildman–Crippen LogP) is 4.20. The third kappa shape index (κ3) is 4.38. The second-order valence-electron chi connectivity index (χ2n) is 7.28. The summed E-state index contributed by atoms with van der Waals surface area (Å²) in [4.78, 5) is 11.6. The highest BCUT2D eigenvalue weighted by atomic mass is 32.2. The van der Waals surface area contributed by atoms with E-state index in [1.807, 2.05) is 11.8 Å². The maximum absolute atomic E-state index is 11.6. The number of hydrogen-bond acceptors (Lipinski definition) is 3. The zero-order valence-corrected chi connectivity index (χ0v) is 14.5. The third-order valence-electron chi connectivity index (χ3n) is 5.66. The van der Waals surface area contributed by atoms with Crippen LogP contribution in [-0.4, -0.2) is 34.8 Å². The Morgan fingerprint density at radius 3 is 2.48 bits per heavy atom. The van der Waals surface area contributed by atoms with E-state index in [9.17, 15) is 9.90 Å². The van der Waals surface area contributed by atoms with Gasteiger partial charge < -0.3 is 9.84 Å². The van der Waals surface area contributed by atoms with Gasteiger partial charge in [0, 0.05) is 23.7 Å². The van der Waals surface area contributed by atoms with Crippen LogP contribution in [0.4, 0.5) is 0 Å². The Morgan fingerprint density at radius 2 is 1.90 bits per heavy atom. The summed E-state index contributed by atoms with van der Waals surface area (Å²) in [6.07, 6.45) is 6.32.